The van der Waals surface area contributed by atoms with Crippen molar-refractivity contribution in [2.24, 2.45) is 5.92 Å². The molecule has 0 amide bonds. The second-order valence-corrected chi connectivity index (χ2v) is 5.58. The molecule has 0 spiro atoms. The van der Waals surface area contributed by atoms with E-state index in [2.05, 4.69) is 28.6 Å². The number of pyridine rings is 1. The molecule has 0 aliphatic heterocycles. The van der Waals surface area contributed by atoms with Crippen molar-refractivity contribution in [2.45, 2.75) is 51.9 Å². The van der Waals surface area contributed by atoms with Gasteiger partial charge in [-0.1, -0.05) is 32.6 Å². The molecule has 0 unspecified atom stereocenters. The fourth-order valence-electron chi connectivity index (χ4n) is 2.81. The predicted octanol–water partition coefficient (Wildman–Crippen LogP) is 4.29. The first-order valence-electron chi connectivity index (χ1n) is 7.82. The van der Waals surface area contributed by atoms with Crippen molar-refractivity contribution in [2.75, 3.05) is 23.7 Å². The lowest BCUT2D eigenvalue weighted by atomic mass is 10.0. The molecule has 0 saturated heterocycles. The molecule has 3 nitrogen and oxygen atoms in total. The van der Waals surface area contributed by atoms with Gasteiger partial charge in [0.15, 0.2) is 0 Å². The van der Waals surface area contributed by atoms with Gasteiger partial charge in [0.1, 0.15) is 5.82 Å². The van der Waals surface area contributed by atoms with Gasteiger partial charge in [-0.2, -0.15) is 0 Å². The normalized spacial score (nSPS) is 15.6. The highest BCUT2D eigenvalue weighted by Gasteiger charge is 2.13. The van der Waals surface area contributed by atoms with Gasteiger partial charge in [-0.25, -0.2) is 4.98 Å². The smallest absolute Gasteiger partial charge is 0.127 e. The molecular weight excluding hydrogens is 234 g/mol. The van der Waals surface area contributed by atoms with Crippen LogP contribution in [0.25, 0.3) is 0 Å². The van der Waals surface area contributed by atoms with Crippen LogP contribution in [0.1, 0.15) is 51.9 Å². The molecule has 0 radical (unpaired) electrons. The second kappa shape index (κ2) is 8.03. The molecule has 1 aliphatic rings. The number of aromatic nitrogens is 1. The van der Waals surface area contributed by atoms with Crippen LogP contribution in [0.4, 0.5) is 11.5 Å². The van der Waals surface area contributed by atoms with Gasteiger partial charge in [-0.05, 0) is 31.2 Å². The van der Waals surface area contributed by atoms with Crippen molar-refractivity contribution in [1.29, 1.82) is 0 Å². The SMILES string of the molecule is CCCNc1cc(NCCCC2CCCC2)ccn1. The van der Waals surface area contributed by atoms with Gasteiger partial charge in [-0.15, -0.1) is 0 Å². The zero-order chi connectivity index (χ0) is 13.3. The maximum atomic E-state index is 4.32. The Morgan fingerprint density at radius 2 is 2.05 bits per heavy atom. The first-order chi connectivity index (χ1) is 9.38. The predicted molar refractivity (Wildman–Crippen MR) is 82.7 cm³/mol. The van der Waals surface area contributed by atoms with Gasteiger partial charge in [-0.3, -0.25) is 0 Å². The number of hydrogen-bond donors (Lipinski definition) is 2. The zero-order valence-electron chi connectivity index (χ0n) is 12.1. The summed E-state index contributed by atoms with van der Waals surface area (Å²) < 4.78 is 0. The molecule has 1 aliphatic carbocycles. The standard InChI is InChI=1S/C16H27N3/c1-2-10-18-16-13-15(9-12-19-16)17-11-5-8-14-6-3-4-7-14/h9,12-14H,2-8,10-11H2,1H3,(H2,17,18,19). The molecule has 1 saturated carbocycles. The van der Waals surface area contributed by atoms with Crippen molar-refractivity contribution >= 4 is 11.5 Å². The Morgan fingerprint density at radius 1 is 1.21 bits per heavy atom. The molecule has 1 fully saturated rings. The third-order valence-electron chi connectivity index (χ3n) is 3.91. The first kappa shape index (κ1) is 14.2. The Balaban J connectivity index is 1.66. The minimum absolute atomic E-state index is 0.975. The van der Waals surface area contributed by atoms with Crippen molar-refractivity contribution in [1.82, 2.24) is 4.98 Å². The van der Waals surface area contributed by atoms with Crippen LogP contribution in [0, 0.1) is 5.92 Å². The maximum Gasteiger partial charge on any atom is 0.127 e. The third-order valence-corrected chi connectivity index (χ3v) is 3.91. The van der Waals surface area contributed by atoms with Crippen LogP contribution in [0.2, 0.25) is 0 Å². The summed E-state index contributed by atoms with van der Waals surface area (Å²) in [6.07, 6.45) is 11.5. The Bertz CT molecular complexity index is 359. The second-order valence-electron chi connectivity index (χ2n) is 5.58. The summed E-state index contributed by atoms with van der Waals surface area (Å²) in [5.41, 5.74) is 1.18. The summed E-state index contributed by atoms with van der Waals surface area (Å²) in [4.78, 5) is 4.32. The van der Waals surface area contributed by atoms with Gasteiger partial charge in [0.25, 0.3) is 0 Å². The maximum absolute atomic E-state index is 4.32. The van der Waals surface area contributed by atoms with E-state index in [1.807, 2.05) is 12.3 Å². The summed E-state index contributed by atoms with van der Waals surface area (Å²) >= 11 is 0. The highest BCUT2D eigenvalue weighted by molar-refractivity contribution is 5.51. The summed E-state index contributed by atoms with van der Waals surface area (Å²) in [6.45, 7) is 4.23. The third kappa shape index (κ3) is 5.09. The van der Waals surface area contributed by atoms with Gasteiger partial charge in [0.05, 0.1) is 0 Å². The highest BCUT2D eigenvalue weighted by atomic mass is 15.0. The summed E-state index contributed by atoms with van der Waals surface area (Å²) in [7, 11) is 0. The molecule has 2 N–H and O–H groups in total. The van der Waals surface area contributed by atoms with Crippen LogP contribution >= 0.6 is 0 Å². The molecule has 2 rings (SSSR count). The molecule has 0 aromatic carbocycles. The molecule has 1 aromatic rings. The van der Waals surface area contributed by atoms with Crippen LogP contribution < -0.4 is 10.6 Å². The highest BCUT2D eigenvalue weighted by Crippen LogP contribution is 2.28. The van der Waals surface area contributed by atoms with Crippen molar-refractivity contribution < 1.29 is 0 Å². The van der Waals surface area contributed by atoms with Crippen LogP contribution in [0.5, 0.6) is 0 Å². The van der Waals surface area contributed by atoms with Crippen LogP contribution in [-0.4, -0.2) is 18.1 Å². The minimum Gasteiger partial charge on any atom is -0.385 e. The molecule has 0 atom stereocenters. The summed E-state index contributed by atoms with van der Waals surface area (Å²) in [5, 5.41) is 6.82. The fraction of sp³-hybridized carbons (Fsp3) is 0.688. The number of nitrogens with zero attached hydrogens (tertiary/aromatic N) is 1. The lowest BCUT2D eigenvalue weighted by Crippen LogP contribution is -2.06. The van der Waals surface area contributed by atoms with Crippen LogP contribution in [0.3, 0.4) is 0 Å². The fourth-order valence-corrected chi connectivity index (χ4v) is 2.81. The van der Waals surface area contributed by atoms with Crippen molar-refractivity contribution in [3.8, 4) is 0 Å². The van der Waals surface area contributed by atoms with Gasteiger partial charge >= 0.3 is 0 Å². The Labute approximate surface area is 117 Å². The van der Waals surface area contributed by atoms with E-state index in [0.717, 1.165) is 31.2 Å². The average molecular weight is 261 g/mol. The van der Waals surface area contributed by atoms with E-state index < -0.39 is 0 Å². The first-order valence-corrected chi connectivity index (χ1v) is 7.82. The van der Waals surface area contributed by atoms with Gasteiger partial charge < -0.3 is 10.6 Å². The van der Waals surface area contributed by atoms with E-state index in [9.17, 15) is 0 Å². The molecular formula is C16H27N3. The van der Waals surface area contributed by atoms with Crippen molar-refractivity contribution in [3.63, 3.8) is 0 Å². The minimum atomic E-state index is 0.975. The number of rotatable bonds is 8. The molecule has 106 valence electrons. The van der Waals surface area contributed by atoms with E-state index in [1.165, 1.54) is 44.2 Å². The van der Waals surface area contributed by atoms with E-state index in [0.29, 0.717) is 0 Å². The quantitative estimate of drug-likeness (QED) is 0.686. The molecule has 1 heterocycles. The molecule has 19 heavy (non-hydrogen) atoms. The van der Waals surface area contributed by atoms with Gasteiger partial charge in [0.2, 0.25) is 0 Å². The Hall–Kier alpha value is -1.25. The van der Waals surface area contributed by atoms with Crippen LogP contribution in [0.15, 0.2) is 18.3 Å². The van der Waals surface area contributed by atoms with Crippen molar-refractivity contribution in [3.05, 3.63) is 18.3 Å². The average Bonchev–Trinajstić information content (AvgIpc) is 2.95. The topological polar surface area (TPSA) is 37.0 Å². The summed E-state index contributed by atoms with van der Waals surface area (Å²) in [5.74, 6) is 1.98. The number of hydrogen-bond acceptors (Lipinski definition) is 3. The lowest BCUT2D eigenvalue weighted by molar-refractivity contribution is 0.491. The Kier molecular flexibility index (Phi) is 5.99. The van der Waals surface area contributed by atoms with E-state index in [1.54, 1.807) is 0 Å². The lowest BCUT2D eigenvalue weighted by Gasteiger charge is -2.11. The molecule has 0 bridgehead atoms. The monoisotopic (exact) mass is 261 g/mol. The zero-order valence-corrected chi connectivity index (χ0v) is 12.1. The Morgan fingerprint density at radius 3 is 2.84 bits per heavy atom. The van der Waals surface area contributed by atoms with E-state index in [-0.39, 0.29) is 0 Å². The van der Waals surface area contributed by atoms with E-state index >= 15 is 0 Å². The largest absolute Gasteiger partial charge is 0.385 e. The molecule has 3 heteroatoms. The summed E-state index contributed by atoms with van der Waals surface area (Å²) in [6, 6.07) is 4.15. The molecule has 1 aromatic heterocycles. The van der Waals surface area contributed by atoms with Crippen LogP contribution in [-0.2, 0) is 0 Å². The van der Waals surface area contributed by atoms with Gasteiger partial charge in [0, 0.05) is 31.0 Å². The van der Waals surface area contributed by atoms with E-state index in [4.69, 9.17) is 0 Å². The number of nitrogens with one attached hydrogen (secondary N) is 2. The number of anilines is 2.